The van der Waals surface area contributed by atoms with Crippen LogP contribution < -0.4 is 19.9 Å². The van der Waals surface area contributed by atoms with Gasteiger partial charge in [0.2, 0.25) is 0 Å². The lowest BCUT2D eigenvalue weighted by molar-refractivity contribution is 0.170. The summed E-state index contributed by atoms with van der Waals surface area (Å²) < 4.78 is 6.29. The van der Waals surface area contributed by atoms with E-state index < -0.39 is 0 Å². The maximum Gasteiger partial charge on any atom is 0.140 e. The summed E-state index contributed by atoms with van der Waals surface area (Å²) in [6.07, 6.45) is 7.48. The fourth-order valence-corrected chi connectivity index (χ4v) is 4.57. The first kappa shape index (κ1) is 15.9. The van der Waals surface area contributed by atoms with Gasteiger partial charge in [-0.2, -0.15) is 0 Å². The predicted octanol–water partition coefficient (Wildman–Crippen LogP) is 2.68. The highest BCUT2D eigenvalue weighted by molar-refractivity contribution is 5.51. The van der Waals surface area contributed by atoms with Gasteiger partial charge < -0.3 is 19.9 Å². The summed E-state index contributed by atoms with van der Waals surface area (Å²) >= 11 is 0. The third kappa shape index (κ3) is 3.12. The normalized spacial score (nSPS) is 25.7. The highest BCUT2D eigenvalue weighted by Crippen LogP contribution is 2.31. The summed E-state index contributed by atoms with van der Waals surface area (Å²) in [6.45, 7) is 4.27. The zero-order valence-electron chi connectivity index (χ0n) is 15.1. The Bertz CT molecular complexity index is 745. The number of nitrogens with zero attached hydrogens (tertiary/aromatic N) is 3. The number of piperazine rings is 1. The van der Waals surface area contributed by atoms with Crippen LogP contribution in [0.25, 0.3) is 0 Å². The van der Waals surface area contributed by atoms with E-state index in [2.05, 4.69) is 56.5 Å². The molecule has 0 radical (unpaired) electrons. The molecule has 1 aromatic carbocycles. The molecule has 26 heavy (non-hydrogen) atoms. The van der Waals surface area contributed by atoms with Gasteiger partial charge in [0.25, 0.3) is 0 Å². The maximum atomic E-state index is 6.29. The van der Waals surface area contributed by atoms with Gasteiger partial charge in [-0.15, -0.1) is 0 Å². The molecule has 3 aliphatic rings. The van der Waals surface area contributed by atoms with Gasteiger partial charge in [0.1, 0.15) is 11.9 Å². The number of aromatic nitrogens is 1. The minimum Gasteiger partial charge on any atom is -0.489 e. The van der Waals surface area contributed by atoms with Gasteiger partial charge in [-0.25, -0.2) is 0 Å². The van der Waals surface area contributed by atoms with E-state index in [9.17, 15) is 0 Å². The summed E-state index contributed by atoms with van der Waals surface area (Å²) in [7, 11) is 0. The number of hydrogen-bond acceptors (Lipinski definition) is 5. The Kier molecular flexibility index (Phi) is 4.17. The van der Waals surface area contributed by atoms with Gasteiger partial charge in [0.05, 0.1) is 18.1 Å². The standard InChI is InChI=1S/C21H26N4O/c1-2-4-17(5-3-1)24-8-6-20(7-9-24)26-21-11-19(12-22-14-21)25-15-16-10-18(25)13-23-16/h1-5,11-12,14,16,18,20,23H,6-10,13,15H2/t16-,18-/m0/s1. The molecule has 0 saturated carbocycles. The molecule has 1 aromatic heterocycles. The summed E-state index contributed by atoms with van der Waals surface area (Å²) in [4.78, 5) is 9.38. The molecule has 0 unspecified atom stereocenters. The van der Waals surface area contributed by atoms with Crippen LogP contribution in [0.1, 0.15) is 19.3 Å². The number of benzene rings is 1. The summed E-state index contributed by atoms with van der Waals surface area (Å²) in [6, 6.07) is 14.1. The van der Waals surface area contributed by atoms with E-state index in [1.54, 1.807) is 0 Å². The molecule has 3 saturated heterocycles. The van der Waals surface area contributed by atoms with Crippen molar-refractivity contribution < 1.29 is 4.74 Å². The Morgan fingerprint density at radius 1 is 1.04 bits per heavy atom. The molecular formula is C21H26N4O. The van der Waals surface area contributed by atoms with Crippen molar-refractivity contribution in [3.05, 3.63) is 48.8 Å². The molecule has 5 nitrogen and oxygen atoms in total. The van der Waals surface area contributed by atoms with E-state index in [4.69, 9.17) is 4.74 Å². The van der Waals surface area contributed by atoms with E-state index in [1.165, 1.54) is 17.8 Å². The fourth-order valence-electron chi connectivity index (χ4n) is 4.57. The van der Waals surface area contributed by atoms with Crippen LogP contribution in [0.15, 0.2) is 48.8 Å². The number of para-hydroxylation sites is 1. The third-order valence-electron chi connectivity index (χ3n) is 5.95. The summed E-state index contributed by atoms with van der Waals surface area (Å²) in [5, 5.41) is 3.56. The second-order valence-corrected chi connectivity index (χ2v) is 7.67. The van der Waals surface area contributed by atoms with E-state index in [-0.39, 0.29) is 6.10 Å². The number of nitrogens with one attached hydrogen (secondary N) is 1. The molecule has 1 N–H and O–H groups in total. The molecule has 2 atom stereocenters. The van der Waals surface area contributed by atoms with Crippen molar-refractivity contribution in [2.24, 2.45) is 0 Å². The second kappa shape index (κ2) is 6.80. The molecule has 3 fully saturated rings. The van der Waals surface area contributed by atoms with Crippen LogP contribution in [0.2, 0.25) is 0 Å². The van der Waals surface area contributed by atoms with Crippen LogP contribution >= 0.6 is 0 Å². The van der Waals surface area contributed by atoms with E-state index in [1.807, 2.05) is 12.4 Å². The van der Waals surface area contributed by atoms with E-state index >= 15 is 0 Å². The molecular weight excluding hydrogens is 324 g/mol. The van der Waals surface area contributed by atoms with E-state index in [0.717, 1.165) is 44.8 Å². The van der Waals surface area contributed by atoms with Gasteiger partial charge >= 0.3 is 0 Å². The number of hydrogen-bond donors (Lipinski definition) is 1. The highest BCUT2D eigenvalue weighted by Gasteiger charge is 2.37. The molecule has 3 aliphatic heterocycles. The van der Waals surface area contributed by atoms with Crippen molar-refractivity contribution in [2.45, 2.75) is 37.5 Å². The number of piperidine rings is 1. The lowest BCUT2D eigenvalue weighted by Crippen LogP contribution is -2.43. The topological polar surface area (TPSA) is 40.6 Å². The van der Waals surface area contributed by atoms with Crippen LogP contribution in [-0.2, 0) is 0 Å². The van der Waals surface area contributed by atoms with Crippen molar-refractivity contribution in [1.29, 1.82) is 0 Å². The van der Waals surface area contributed by atoms with Gasteiger partial charge in [-0.3, -0.25) is 4.98 Å². The van der Waals surface area contributed by atoms with Crippen molar-refractivity contribution in [3.8, 4) is 5.75 Å². The average Bonchev–Trinajstić information content (AvgIpc) is 3.33. The highest BCUT2D eigenvalue weighted by atomic mass is 16.5. The van der Waals surface area contributed by atoms with Gasteiger partial charge in [0, 0.05) is 62.9 Å². The minimum absolute atomic E-state index is 0.281. The van der Waals surface area contributed by atoms with Crippen LogP contribution in [0.3, 0.4) is 0 Å². The van der Waals surface area contributed by atoms with Crippen LogP contribution in [0, 0.1) is 0 Å². The molecule has 4 heterocycles. The van der Waals surface area contributed by atoms with Crippen molar-refractivity contribution >= 4 is 11.4 Å². The van der Waals surface area contributed by atoms with Crippen molar-refractivity contribution in [2.75, 3.05) is 36.0 Å². The minimum atomic E-state index is 0.281. The Balaban J connectivity index is 1.20. The zero-order valence-corrected chi connectivity index (χ0v) is 15.1. The molecule has 2 aromatic rings. The zero-order chi connectivity index (χ0) is 17.3. The monoisotopic (exact) mass is 350 g/mol. The predicted molar refractivity (Wildman–Crippen MR) is 104 cm³/mol. The molecule has 136 valence electrons. The first-order chi connectivity index (χ1) is 12.8. The van der Waals surface area contributed by atoms with Crippen LogP contribution in [0.4, 0.5) is 11.4 Å². The van der Waals surface area contributed by atoms with E-state index in [0.29, 0.717) is 12.1 Å². The molecule has 0 aliphatic carbocycles. The van der Waals surface area contributed by atoms with Gasteiger partial charge in [-0.05, 0) is 18.6 Å². The van der Waals surface area contributed by atoms with Crippen molar-refractivity contribution in [3.63, 3.8) is 0 Å². The SMILES string of the molecule is c1ccc(N2CCC(Oc3cncc(N4C[C@@H]5C[C@H]4CN5)c3)CC2)cc1. The van der Waals surface area contributed by atoms with Gasteiger partial charge in [-0.1, -0.05) is 18.2 Å². The summed E-state index contributed by atoms with van der Waals surface area (Å²) in [5.41, 5.74) is 2.52. The number of ether oxygens (including phenoxy) is 1. The van der Waals surface area contributed by atoms with Gasteiger partial charge in [0.15, 0.2) is 0 Å². The smallest absolute Gasteiger partial charge is 0.140 e. The molecule has 5 heteroatoms. The maximum absolute atomic E-state index is 6.29. The second-order valence-electron chi connectivity index (χ2n) is 7.67. The lowest BCUT2D eigenvalue weighted by Gasteiger charge is -2.34. The average molecular weight is 350 g/mol. The lowest BCUT2D eigenvalue weighted by atomic mass is 10.1. The fraction of sp³-hybridized carbons (Fsp3) is 0.476. The Labute approximate surface area is 155 Å². The number of rotatable bonds is 4. The quantitative estimate of drug-likeness (QED) is 0.918. The largest absolute Gasteiger partial charge is 0.489 e. The van der Waals surface area contributed by atoms with Crippen LogP contribution in [0.5, 0.6) is 5.75 Å². The molecule has 0 spiro atoms. The third-order valence-corrected chi connectivity index (χ3v) is 5.95. The molecule has 2 bridgehead atoms. The summed E-state index contributed by atoms with van der Waals surface area (Å²) in [5.74, 6) is 0.913. The first-order valence-corrected chi connectivity index (χ1v) is 9.77. The molecule has 5 rings (SSSR count). The Morgan fingerprint density at radius 3 is 2.62 bits per heavy atom. The Morgan fingerprint density at radius 2 is 1.88 bits per heavy atom. The van der Waals surface area contributed by atoms with Crippen LogP contribution in [-0.4, -0.2) is 49.4 Å². The Hall–Kier alpha value is -2.27. The van der Waals surface area contributed by atoms with Crippen molar-refractivity contribution in [1.82, 2.24) is 10.3 Å². The first-order valence-electron chi connectivity index (χ1n) is 9.77. The number of fused-ring (bicyclic) bond motifs is 2. The number of anilines is 2. The number of pyridine rings is 1. The molecule has 0 amide bonds.